The highest BCUT2D eigenvalue weighted by atomic mass is 16.3. The molecular formula is C11H15N3O. The summed E-state index contributed by atoms with van der Waals surface area (Å²) in [6.07, 6.45) is 8.09. The van der Waals surface area contributed by atoms with Gasteiger partial charge in [-0.25, -0.2) is 4.98 Å². The SMILES string of the molecule is CNC(Cc1ccoc1)c1cncn1C. The molecule has 1 unspecified atom stereocenters. The van der Waals surface area contributed by atoms with Crippen molar-refractivity contribution in [2.75, 3.05) is 7.05 Å². The van der Waals surface area contributed by atoms with Crippen LogP contribution in [0.5, 0.6) is 0 Å². The fourth-order valence-electron chi connectivity index (χ4n) is 1.70. The number of aryl methyl sites for hydroxylation is 1. The topological polar surface area (TPSA) is 43.0 Å². The van der Waals surface area contributed by atoms with Crippen molar-refractivity contribution in [2.24, 2.45) is 7.05 Å². The lowest BCUT2D eigenvalue weighted by Crippen LogP contribution is -2.20. The number of furan rings is 1. The molecule has 0 spiro atoms. The molecule has 2 rings (SSSR count). The maximum atomic E-state index is 5.06. The molecule has 2 aromatic heterocycles. The van der Waals surface area contributed by atoms with E-state index in [1.165, 1.54) is 11.3 Å². The van der Waals surface area contributed by atoms with Gasteiger partial charge < -0.3 is 14.3 Å². The molecule has 0 amide bonds. The average Bonchev–Trinajstić information content (AvgIpc) is 2.85. The van der Waals surface area contributed by atoms with Crippen molar-refractivity contribution < 1.29 is 4.42 Å². The summed E-state index contributed by atoms with van der Waals surface area (Å²) in [7, 11) is 3.96. The molecule has 2 heterocycles. The van der Waals surface area contributed by atoms with Gasteiger partial charge in [-0.2, -0.15) is 0 Å². The fourth-order valence-corrected chi connectivity index (χ4v) is 1.70. The molecule has 0 aliphatic heterocycles. The van der Waals surface area contributed by atoms with E-state index in [0.717, 1.165) is 6.42 Å². The summed E-state index contributed by atoms with van der Waals surface area (Å²) in [5.74, 6) is 0. The van der Waals surface area contributed by atoms with Crippen LogP contribution in [0.25, 0.3) is 0 Å². The summed E-state index contributed by atoms with van der Waals surface area (Å²) >= 11 is 0. The Bertz CT molecular complexity index is 405. The molecule has 0 saturated heterocycles. The largest absolute Gasteiger partial charge is 0.472 e. The third kappa shape index (κ3) is 2.10. The molecule has 0 bridgehead atoms. The first kappa shape index (κ1) is 9.98. The van der Waals surface area contributed by atoms with Crippen LogP contribution in [-0.4, -0.2) is 16.6 Å². The van der Waals surface area contributed by atoms with Gasteiger partial charge >= 0.3 is 0 Å². The minimum atomic E-state index is 0.273. The van der Waals surface area contributed by atoms with Gasteiger partial charge in [0.25, 0.3) is 0 Å². The zero-order valence-corrected chi connectivity index (χ0v) is 8.97. The maximum Gasteiger partial charge on any atom is 0.0946 e. The van der Waals surface area contributed by atoms with E-state index in [-0.39, 0.29) is 6.04 Å². The smallest absolute Gasteiger partial charge is 0.0946 e. The highest BCUT2D eigenvalue weighted by Gasteiger charge is 2.13. The molecule has 0 aliphatic rings. The lowest BCUT2D eigenvalue weighted by molar-refractivity contribution is 0.538. The number of imidazole rings is 1. The second kappa shape index (κ2) is 4.31. The Morgan fingerprint density at radius 3 is 3.00 bits per heavy atom. The van der Waals surface area contributed by atoms with E-state index in [4.69, 9.17) is 4.42 Å². The van der Waals surface area contributed by atoms with Crippen molar-refractivity contribution in [3.05, 3.63) is 42.4 Å². The zero-order valence-electron chi connectivity index (χ0n) is 8.97. The Hall–Kier alpha value is -1.55. The number of rotatable bonds is 4. The van der Waals surface area contributed by atoms with E-state index >= 15 is 0 Å². The molecular weight excluding hydrogens is 190 g/mol. The van der Waals surface area contributed by atoms with Crippen LogP contribution < -0.4 is 5.32 Å². The Kier molecular flexibility index (Phi) is 2.87. The molecule has 4 nitrogen and oxygen atoms in total. The fraction of sp³-hybridized carbons (Fsp3) is 0.364. The quantitative estimate of drug-likeness (QED) is 0.822. The van der Waals surface area contributed by atoms with Gasteiger partial charge in [0.1, 0.15) is 0 Å². The van der Waals surface area contributed by atoms with Crippen molar-refractivity contribution >= 4 is 0 Å². The minimum Gasteiger partial charge on any atom is -0.472 e. The number of hydrogen-bond acceptors (Lipinski definition) is 3. The normalized spacial score (nSPS) is 12.9. The van der Waals surface area contributed by atoms with Crippen LogP contribution in [0.3, 0.4) is 0 Å². The van der Waals surface area contributed by atoms with E-state index in [2.05, 4.69) is 10.3 Å². The Balaban J connectivity index is 2.15. The first-order valence-corrected chi connectivity index (χ1v) is 4.96. The van der Waals surface area contributed by atoms with Gasteiger partial charge in [0.2, 0.25) is 0 Å². The summed E-state index contributed by atoms with van der Waals surface area (Å²) in [5, 5.41) is 3.28. The number of likely N-dealkylation sites (N-methyl/N-ethyl adjacent to an activating group) is 1. The van der Waals surface area contributed by atoms with E-state index in [1.807, 2.05) is 37.3 Å². The van der Waals surface area contributed by atoms with Crippen LogP contribution in [0.15, 0.2) is 35.5 Å². The molecule has 2 aromatic rings. The van der Waals surface area contributed by atoms with Crippen LogP contribution in [0, 0.1) is 0 Å². The van der Waals surface area contributed by atoms with Crippen LogP contribution in [-0.2, 0) is 13.5 Å². The Morgan fingerprint density at radius 2 is 2.47 bits per heavy atom. The molecule has 0 aliphatic carbocycles. The van der Waals surface area contributed by atoms with Gasteiger partial charge in [-0.05, 0) is 25.1 Å². The van der Waals surface area contributed by atoms with Gasteiger partial charge in [0.15, 0.2) is 0 Å². The van der Waals surface area contributed by atoms with Gasteiger partial charge in [-0.3, -0.25) is 0 Å². The summed E-state index contributed by atoms with van der Waals surface area (Å²) in [5.41, 5.74) is 2.37. The van der Waals surface area contributed by atoms with E-state index in [0.29, 0.717) is 0 Å². The lowest BCUT2D eigenvalue weighted by Gasteiger charge is -2.15. The van der Waals surface area contributed by atoms with Crippen molar-refractivity contribution in [2.45, 2.75) is 12.5 Å². The molecule has 0 saturated carbocycles. The zero-order chi connectivity index (χ0) is 10.7. The molecule has 0 fully saturated rings. The summed E-state index contributed by atoms with van der Waals surface area (Å²) in [6, 6.07) is 2.26. The highest BCUT2D eigenvalue weighted by Crippen LogP contribution is 2.17. The van der Waals surface area contributed by atoms with E-state index < -0.39 is 0 Å². The Morgan fingerprint density at radius 1 is 1.60 bits per heavy atom. The van der Waals surface area contributed by atoms with E-state index in [9.17, 15) is 0 Å². The first-order valence-electron chi connectivity index (χ1n) is 4.96. The molecule has 80 valence electrons. The number of aromatic nitrogens is 2. The second-order valence-corrected chi connectivity index (χ2v) is 3.61. The number of hydrogen-bond donors (Lipinski definition) is 1. The first-order chi connectivity index (χ1) is 7.31. The molecule has 1 N–H and O–H groups in total. The summed E-state index contributed by atoms with van der Waals surface area (Å²) < 4.78 is 7.09. The minimum absolute atomic E-state index is 0.273. The highest BCUT2D eigenvalue weighted by molar-refractivity contribution is 5.13. The van der Waals surface area contributed by atoms with Gasteiger partial charge in [0.05, 0.1) is 30.6 Å². The van der Waals surface area contributed by atoms with Gasteiger partial charge in [0, 0.05) is 13.2 Å². The lowest BCUT2D eigenvalue weighted by atomic mass is 10.1. The standard InChI is InChI=1S/C11H15N3O/c1-12-10(5-9-3-4-15-7-9)11-6-13-8-14(11)2/h3-4,6-8,10,12H,5H2,1-2H3. The monoisotopic (exact) mass is 205 g/mol. The summed E-state index contributed by atoms with van der Waals surface area (Å²) in [4.78, 5) is 4.12. The number of nitrogens with zero attached hydrogens (tertiary/aromatic N) is 2. The van der Waals surface area contributed by atoms with Crippen molar-refractivity contribution in [3.63, 3.8) is 0 Å². The maximum absolute atomic E-state index is 5.06. The van der Waals surface area contributed by atoms with Crippen LogP contribution in [0.1, 0.15) is 17.3 Å². The molecule has 4 heteroatoms. The average molecular weight is 205 g/mol. The molecule has 0 radical (unpaired) electrons. The molecule has 15 heavy (non-hydrogen) atoms. The van der Waals surface area contributed by atoms with Crippen LogP contribution in [0.2, 0.25) is 0 Å². The van der Waals surface area contributed by atoms with Gasteiger partial charge in [-0.15, -0.1) is 0 Å². The third-order valence-electron chi connectivity index (χ3n) is 2.58. The van der Waals surface area contributed by atoms with Crippen LogP contribution in [0.4, 0.5) is 0 Å². The predicted molar refractivity (Wildman–Crippen MR) is 57.4 cm³/mol. The van der Waals surface area contributed by atoms with Crippen LogP contribution >= 0.6 is 0 Å². The third-order valence-corrected chi connectivity index (χ3v) is 2.58. The summed E-state index contributed by atoms with van der Waals surface area (Å²) in [6.45, 7) is 0. The van der Waals surface area contributed by atoms with Crippen molar-refractivity contribution in [3.8, 4) is 0 Å². The predicted octanol–water partition coefficient (Wildman–Crippen LogP) is 1.52. The molecule has 0 aromatic carbocycles. The number of nitrogens with one attached hydrogen (secondary N) is 1. The Labute approximate surface area is 88.9 Å². The van der Waals surface area contributed by atoms with Gasteiger partial charge in [-0.1, -0.05) is 0 Å². The second-order valence-electron chi connectivity index (χ2n) is 3.61. The van der Waals surface area contributed by atoms with E-state index in [1.54, 1.807) is 12.5 Å². The van der Waals surface area contributed by atoms with Crippen molar-refractivity contribution in [1.29, 1.82) is 0 Å². The molecule has 1 atom stereocenters. The van der Waals surface area contributed by atoms with Crippen molar-refractivity contribution in [1.82, 2.24) is 14.9 Å².